The van der Waals surface area contributed by atoms with E-state index in [2.05, 4.69) is 32.5 Å². The van der Waals surface area contributed by atoms with E-state index in [9.17, 15) is 9.59 Å². The molecule has 0 unspecified atom stereocenters. The molecule has 7 nitrogen and oxygen atoms in total. The summed E-state index contributed by atoms with van der Waals surface area (Å²) in [6.45, 7) is 6.51. The number of amides is 3. The molecule has 0 saturated carbocycles. The monoisotopic (exact) mass is 362 g/mol. The minimum absolute atomic E-state index is 0.217. The van der Waals surface area contributed by atoms with E-state index in [1.807, 2.05) is 0 Å². The second-order valence-corrected chi connectivity index (χ2v) is 6.81. The van der Waals surface area contributed by atoms with Gasteiger partial charge in [-0.1, -0.05) is 6.92 Å². The number of anilines is 2. The van der Waals surface area contributed by atoms with E-state index in [1.54, 1.807) is 24.3 Å². The smallest absolute Gasteiger partial charge is 0.411 e. The third kappa shape index (κ3) is 7.31. The maximum absolute atomic E-state index is 11.9. The molecule has 144 valence electrons. The molecule has 26 heavy (non-hydrogen) atoms. The van der Waals surface area contributed by atoms with Crippen LogP contribution in [0.3, 0.4) is 0 Å². The molecule has 2 rings (SSSR count). The number of hydrogen-bond acceptors (Lipinski definition) is 4. The van der Waals surface area contributed by atoms with Gasteiger partial charge in [0, 0.05) is 17.9 Å². The van der Waals surface area contributed by atoms with Crippen LogP contribution in [0.2, 0.25) is 0 Å². The van der Waals surface area contributed by atoms with Crippen LogP contribution in [0.5, 0.6) is 0 Å². The number of likely N-dealkylation sites (tertiary alicyclic amines) is 1. The highest BCUT2D eigenvalue weighted by molar-refractivity contribution is 5.90. The van der Waals surface area contributed by atoms with Crippen LogP contribution < -0.4 is 16.0 Å². The number of nitrogens with zero attached hydrogens (tertiary/aromatic N) is 1. The number of rotatable bonds is 7. The molecule has 1 aromatic rings. The van der Waals surface area contributed by atoms with E-state index < -0.39 is 6.09 Å². The van der Waals surface area contributed by atoms with Crippen molar-refractivity contribution in [1.29, 1.82) is 0 Å². The van der Waals surface area contributed by atoms with Gasteiger partial charge in [-0.3, -0.25) is 5.32 Å². The fourth-order valence-electron chi connectivity index (χ4n) is 2.93. The Morgan fingerprint density at radius 1 is 1.08 bits per heavy atom. The zero-order chi connectivity index (χ0) is 18.8. The van der Waals surface area contributed by atoms with Gasteiger partial charge in [-0.25, -0.2) is 9.59 Å². The molecule has 0 aromatic heterocycles. The number of urea groups is 1. The van der Waals surface area contributed by atoms with Gasteiger partial charge >= 0.3 is 12.1 Å². The molecule has 0 atom stereocenters. The average Bonchev–Trinajstić information content (AvgIpc) is 2.64. The van der Waals surface area contributed by atoms with Crippen molar-refractivity contribution in [3.8, 4) is 0 Å². The quantitative estimate of drug-likeness (QED) is 0.648. The Labute approximate surface area is 155 Å². The van der Waals surface area contributed by atoms with Gasteiger partial charge in [0.15, 0.2) is 0 Å². The SMILES string of the molecule is COC(=O)Nc1ccc(NC(=O)NCCCCN2CCC(C)CC2)cc1. The summed E-state index contributed by atoms with van der Waals surface area (Å²) < 4.78 is 4.52. The predicted molar refractivity (Wildman–Crippen MR) is 104 cm³/mol. The number of carbonyl (C=O) groups is 2. The summed E-state index contributed by atoms with van der Waals surface area (Å²) in [6.07, 6.45) is 4.15. The molecule has 7 heteroatoms. The fraction of sp³-hybridized carbons (Fsp3) is 0.579. The van der Waals surface area contributed by atoms with E-state index in [0.29, 0.717) is 17.9 Å². The van der Waals surface area contributed by atoms with Crippen molar-refractivity contribution in [2.45, 2.75) is 32.6 Å². The Hall–Kier alpha value is -2.28. The second kappa shape index (κ2) is 10.7. The standard InChI is InChI=1S/C19H30N4O3/c1-15-9-13-23(14-10-15)12-4-3-11-20-18(24)21-16-5-7-17(8-6-16)22-19(25)26-2/h5-8,15H,3-4,9-14H2,1-2H3,(H,22,25)(H2,20,21,24). The van der Waals surface area contributed by atoms with Gasteiger partial charge in [0.05, 0.1) is 7.11 Å². The Balaban J connectivity index is 1.57. The summed E-state index contributed by atoms with van der Waals surface area (Å²) in [5.74, 6) is 0.863. The number of piperidine rings is 1. The van der Waals surface area contributed by atoms with Gasteiger partial charge in [-0.15, -0.1) is 0 Å². The van der Waals surface area contributed by atoms with Gasteiger partial charge < -0.3 is 20.3 Å². The molecule has 1 aliphatic heterocycles. The van der Waals surface area contributed by atoms with Crippen molar-refractivity contribution in [2.75, 3.05) is 43.9 Å². The van der Waals surface area contributed by atoms with Crippen LogP contribution in [0.25, 0.3) is 0 Å². The van der Waals surface area contributed by atoms with E-state index in [1.165, 1.54) is 33.0 Å². The number of nitrogens with one attached hydrogen (secondary N) is 3. The molecule has 0 aliphatic carbocycles. The van der Waals surface area contributed by atoms with Crippen molar-refractivity contribution in [3.05, 3.63) is 24.3 Å². The Kier molecular flexibility index (Phi) is 8.21. The van der Waals surface area contributed by atoms with Crippen molar-refractivity contribution in [2.24, 2.45) is 5.92 Å². The van der Waals surface area contributed by atoms with Crippen molar-refractivity contribution in [3.63, 3.8) is 0 Å². The van der Waals surface area contributed by atoms with Crippen LogP contribution >= 0.6 is 0 Å². The summed E-state index contributed by atoms with van der Waals surface area (Å²) in [7, 11) is 1.31. The van der Waals surface area contributed by atoms with Crippen molar-refractivity contribution >= 4 is 23.5 Å². The summed E-state index contributed by atoms with van der Waals surface area (Å²) in [5.41, 5.74) is 1.27. The van der Waals surface area contributed by atoms with Crippen LogP contribution in [0.4, 0.5) is 21.0 Å². The molecular weight excluding hydrogens is 332 g/mol. The van der Waals surface area contributed by atoms with Gasteiger partial charge in [-0.2, -0.15) is 0 Å². The van der Waals surface area contributed by atoms with Crippen LogP contribution in [0.1, 0.15) is 32.6 Å². The van der Waals surface area contributed by atoms with E-state index in [0.717, 1.165) is 25.3 Å². The van der Waals surface area contributed by atoms with Gasteiger partial charge in [0.2, 0.25) is 0 Å². The van der Waals surface area contributed by atoms with Crippen molar-refractivity contribution < 1.29 is 14.3 Å². The van der Waals surface area contributed by atoms with E-state index >= 15 is 0 Å². The first-order valence-electron chi connectivity index (χ1n) is 9.29. The fourth-order valence-corrected chi connectivity index (χ4v) is 2.93. The largest absolute Gasteiger partial charge is 0.453 e. The molecule has 3 N–H and O–H groups in total. The molecule has 0 radical (unpaired) electrons. The highest BCUT2D eigenvalue weighted by Crippen LogP contribution is 2.16. The molecule has 1 saturated heterocycles. The molecule has 1 aliphatic rings. The molecule has 1 heterocycles. The maximum atomic E-state index is 11.9. The molecule has 1 aromatic carbocycles. The summed E-state index contributed by atoms with van der Waals surface area (Å²) in [4.78, 5) is 25.5. The minimum Gasteiger partial charge on any atom is -0.453 e. The zero-order valence-corrected chi connectivity index (χ0v) is 15.7. The van der Waals surface area contributed by atoms with Gasteiger partial charge in [-0.05, 0) is 75.5 Å². The van der Waals surface area contributed by atoms with Crippen LogP contribution in [-0.2, 0) is 4.74 Å². The molecule has 0 bridgehead atoms. The predicted octanol–water partition coefficient (Wildman–Crippen LogP) is 3.50. The lowest BCUT2D eigenvalue weighted by atomic mass is 9.99. The first-order valence-corrected chi connectivity index (χ1v) is 9.29. The summed E-state index contributed by atoms with van der Waals surface area (Å²) in [5, 5.41) is 8.21. The Morgan fingerprint density at radius 3 is 2.31 bits per heavy atom. The van der Waals surface area contributed by atoms with Crippen LogP contribution in [-0.4, -0.2) is 50.3 Å². The second-order valence-electron chi connectivity index (χ2n) is 6.81. The normalized spacial score (nSPS) is 15.3. The Morgan fingerprint density at radius 2 is 1.69 bits per heavy atom. The molecular formula is C19H30N4O3. The molecule has 1 fully saturated rings. The lowest BCUT2D eigenvalue weighted by Crippen LogP contribution is -2.34. The zero-order valence-electron chi connectivity index (χ0n) is 15.7. The highest BCUT2D eigenvalue weighted by Gasteiger charge is 2.14. The topological polar surface area (TPSA) is 82.7 Å². The van der Waals surface area contributed by atoms with Crippen LogP contribution in [0, 0.1) is 5.92 Å². The molecule has 0 spiro atoms. The first kappa shape index (κ1) is 20.0. The summed E-state index contributed by atoms with van der Waals surface area (Å²) >= 11 is 0. The number of benzene rings is 1. The van der Waals surface area contributed by atoms with Gasteiger partial charge in [0.25, 0.3) is 0 Å². The summed E-state index contributed by atoms with van der Waals surface area (Å²) in [6, 6.07) is 6.63. The third-order valence-corrected chi connectivity index (χ3v) is 4.64. The number of unbranched alkanes of at least 4 members (excludes halogenated alkanes) is 1. The van der Waals surface area contributed by atoms with E-state index in [-0.39, 0.29) is 6.03 Å². The van der Waals surface area contributed by atoms with Crippen molar-refractivity contribution in [1.82, 2.24) is 10.2 Å². The lowest BCUT2D eigenvalue weighted by molar-refractivity contribution is 0.187. The Bertz CT molecular complexity index is 569. The average molecular weight is 362 g/mol. The minimum atomic E-state index is -0.525. The van der Waals surface area contributed by atoms with Crippen LogP contribution in [0.15, 0.2) is 24.3 Å². The number of carbonyl (C=O) groups excluding carboxylic acids is 2. The number of methoxy groups -OCH3 is 1. The van der Waals surface area contributed by atoms with Gasteiger partial charge in [0.1, 0.15) is 0 Å². The first-order chi connectivity index (χ1) is 12.6. The van der Waals surface area contributed by atoms with E-state index in [4.69, 9.17) is 0 Å². The number of ether oxygens (including phenoxy) is 1. The lowest BCUT2D eigenvalue weighted by Gasteiger charge is -2.30. The number of hydrogen-bond donors (Lipinski definition) is 3. The third-order valence-electron chi connectivity index (χ3n) is 4.64. The highest BCUT2D eigenvalue weighted by atomic mass is 16.5. The maximum Gasteiger partial charge on any atom is 0.411 e. The molecule has 3 amide bonds.